The van der Waals surface area contributed by atoms with Gasteiger partial charge < -0.3 is 9.47 Å². The molecular formula is C27H46N2O3S. The average Bonchev–Trinajstić information content (AvgIpc) is 3.32. The summed E-state index contributed by atoms with van der Waals surface area (Å²) >= 11 is 1.61. The first kappa shape index (κ1) is 26.7. The van der Waals surface area contributed by atoms with Crippen LogP contribution in [0.25, 0.3) is 0 Å². The lowest BCUT2D eigenvalue weighted by molar-refractivity contribution is 0.00387. The maximum absolute atomic E-state index is 12.6. The molecule has 0 aromatic carbocycles. The topological polar surface area (TPSA) is 59.6 Å². The third-order valence-electron chi connectivity index (χ3n) is 7.09. The van der Waals surface area contributed by atoms with Gasteiger partial charge in [0.1, 0.15) is 11.0 Å². The Morgan fingerprint density at radius 3 is 2.30 bits per heavy atom. The highest BCUT2D eigenvalue weighted by Crippen LogP contribution is 2.30. The van der Waals surface area contributed by atoms with E-state index in [1.54, 1.807) is 11.3 Å². The average molecular weight is 479 g/mol. The molecule has 0 atom stereocenters. The van der Waals surface area contributed by atoms with E-state index in [0.717, 1.165) is 56.7 Å². The summed E-state index contributed by atoms with van der Waals surface area (Å²) in [5.41, 5.74) is 0. The molecule has 6 heteroatoms. The Bertz CT molecular complexity index is 664. The molecule has 33 heavy (non-hydrogen) atoms. The zero-order chi connectivity index (χ0) is 23.3. The van der Waals surface area contributed by atoms with Crippen LogP contribution in [-0.2, 0) is 15.9 Å². The maximum atomic E-state index is 12.6. The molecule has 1 aliphatic heterocycles. The summed E-state index contributed by atoms with van der Waals surface area (Å²) in [5.74, 6) is 0.470. The van der Waals surface area contributed by atoms with E-state index in [2.05, 4.69) is 30.5 Å². The smallest absolute Gasteiger partial charge is 0.348 e. The Hall–Kier alpha value is -0.950. The highest BCUT2D eigenvalue weighted by molar-refractivity contribution is 7.13. The van der Waals surface area contributed by atoms with Gasteiger partial charge in [-0.15, -0.1) is 11.3 Å². The number of carbonyl (C=O) groups is 1. The summed E-state index contributed by atoms with van der Waals surface area (Å²) in [6, 6.07) is 4.05. The molecule has 2 fully saturated rings. The lowest BCUT2D eigenvalue weighted by Crippen LogP contribution is -2.59. The molecule has 1 aromatic rings. The fourth-order valence-electron chi connectivity index (χ4n) is 4.99. The molecule has 3 rings (SSSR count). The highest BCUT2D eigenvalue weighted by atomic mass is 32.1. The van der Waals surface area contributed by atoms with Crippen LogP contribution in [0.5, 0.6) is 0 Å². The van der Waals surface area contributed by atoms with Crippen molar-refractivity contribution in [1.29, 1.82) is 0 Å². The van der Waals surface area contributed by atoms with Crippen LogP contribution in [0.3, 0.4) is 0 Å². The highest BCUT2D eigenvalue weighted by Gasteiger charge is 2.32. The summed E-state index contributed by atoms with van der Waals surface area (Å²) in [4.78, 5) is 14.7. The van der Waals surface area contributed by atoms with Gasteiger partial charge in [0.25, 0.3) is 0 Å². The van der Waals surface area contributed by atoms with Crippen LogP contribution in [0, 0.1) is 5.92 Å². The van der Waals surface area contributed by atoms with Crippen LogP contribution in [-0.4, -0.2) is 44.0 Å². The number of ether oxygens (including phenoxy) is 2. The van der Waals surface area contributed by atoms with Crippen molar-refractivity contribution in [3.05, 3.63) is 21.9 Å². The summed E-state index contributed by atoms with van der Waals surface area (Å²) in [6.45, 7) is 7.21. The van der Waals surface area contributed by atoms with Crippen LogP contribution >= 0.6 is 11.3 Å². The van der Waals surface area contributed by atoms with E-state index in [-0.39, 0.29) is 18.2 Å². The Labute approximate surface area is 205 Å². The quantitative estimate of drug-likeness (QED) is 0.251. The second kappa shape index (κ2) is 15.1. The fourth-order valence-corrected chi connectivity index (χ4v) is 5.92. The number of nitrogens with one attached hydrogen (secondary N) is 2. The molecule has 188 valence electrons. The van der Waals surface area contributed by atoms with Gasteiger partial charge in [0.2, 0.25) is 0 Å². The number of unbranched alkanes of at least 4 members (excludes halogenated alkanes) is 6. The molecule has 2 aliphatic rings. The van der Waals surface area contributed by atoms with Gasteiger partial charge in [-0.2, -0.15) is 0 Å². The zero-order valence-electron chi connectivity index (χ0n) is 20.9. The molecule has 0 unspecified atom stereocenters. The molecule has 2 N–H and O–H groups in total. The minimum atomic E-state index is -0.129. The van der Waals surface area contributed by atoms with E-state index < -0.39 is 0 Å². The molecule has 0 bridgehead atoms. The second-order valence-electron chi connectivity index (χ2n) is 9.87. The summed E-state index contributed by atoms with van der Waals surface area (Å²) in [6.07, 6.45) is 15.9. The van der Waals surface area contributed by atoms with E-state index in [0.29, 0.717) is 12.1 Å². The molecule has 5 nitrogen and oxygen atoms in total. The number of hydrogen-bond donors (Lipinski definition) is 2. The molecule has 0 amide bonds. The van der Waals surface area contributed by atoms with Crippen LogP contribution in [0.1, 0.15) is 105 Å². The molecular weight excluding hydrogens is 432 g/mol. The van der Waals surface area contributed by atoms with E-state index in [1.165, 1.54) is 56.2 Å². The van der Waals surface area contributed by atoms with Crippen molar-refractivity contribution >= 4 is 17.3 Å². The van der Waals surface area contributed by atoms with Crippen molar-refractivity contribution < 1.29 is 14.3 Å². The molecule has 0 spiro atoms. The predicted octanol–water partition coefficient (Wildman–Crippen LogP) is 6.07. The standard InChI is InChI=1S/C27H46N2O3S/c1-3-5-7-9-11-24-16-17-25(33-24)27(30)32-22-14-12-21(13-15-22)26-28-19-23(20-29-26)31-18-10-8-6-4-2/h16-17,21-23,26,28-29H,3-15,18-20H2,1-2H3. The van der Waals surface area contributed by atoms with Gasteiger partial charge in [0, 0.05) is 24.6 Å². The van der Waals surface area contributed by atoms with Crippen LogP contribution in [0.4, 0.5) is 0 Å². The molecule has 1 aromatic heterocycles. The number of hydrogen-bond acceptors (Lipinski definition) is 6. The first-order valence-electron chi connectivity index (χ1n) is 13.6. The molecule has 1 saturated carbocycles. The number of thiophene rings is 1. The maximum Gasteiger partial charge on any atom is 0.348 e. The summed E-state index contributed by atoms with van der Waals surface area (Å²) < 4.78 is 11.9. The normalized spacial score (nSPS) is 25.8. The largest absolute Gasteiger partial charge is 0.458 e. The van der Waals surface area contributed by atoms with Gasteiger partial charge in [-0.25, -0.2) is 4.79 Å². The second-order valence-corrected chi connectivity index (χ2v) is 11.0. The van der Waals surface area contributed by atoms with Crippen molar-refractivity contribution in [3.8, 4) is 0 Å². The molecule has 2 heterocycles. The number of esters is 1. The number of carbonyl (C=O) groups excluding carboxylic acids is 1. The number of rotatable bonds is 14. The lowest BCUT2D eigenvalue weighted by atomic mass is 9.84. The molecule has 1 aliphatic carbocycles. The Morgan fingerprint density at radius 2 is 1.61 bits per heavy atom. The first-order chi connectivity index (χ1) is 16.2. The van der Waals surface area contributed by atoms with Crippen LogP contribution in [0.15, 0.2) is 12.1 Å². The Kier molecular flexibility index (Phi) is 12.2. The van der Waals surface area contributed by atoms with Gasteiger partial charge in [-0.3, -0.25) is 10.6 Å². The Balaban J connectivity index is 1.29. The van der Waals surface area contributed by atoms with Gasteiger partial charge in [-0.05, 0) is 63.0 Å². The van der Waals surface area contributed by atoms with Crippen molar-refractivity contribution in [3.63, 3.8) is 0 Å². The van der Waals surface area contributed by atoms with Crippen molar-refractivity contribution in [2.45, 2.75) is 116 Å². The fraction of sp³-hybridized carbons (Fsp3) is 0.815. The Morgan fingerprint density at radius 1 is 0.909 bits per heavy atom. The SMILES string of the molecule is CCCCCCOC1CNC(C2CCC(OC(=O)c3ccc(CCCCCC)s3)CC2)NC1. The van der Waals surface area contributed by atoms with Gasteiger partial charge in [0.15, 0.2) is 0 Å². The van der Waals surface area contributed by atoms with E-state index in [1.807, 2.05) is 6.07 Å². The van der Waals surface area contributed by atoms with Crippen molar-refractivity contribution in [2.24, 2.45) is 5.92 Å². The van der Waals surface area contributed by atoms with Crippen molar-refractivity contribution in [2.75, 3.05) is 19.7 Å². The minimum absolute atomic E-state index is 0.0617. The predicted molar refractivity (Wildman–Crippen MR) is 137 cm³/mol. The van der Waals surface area contributed by atoms with Crippen LogP contribution < -0.4 is 10.6 Å². The van der Waals surface area contributed by atoms with E-state index in [9.17, 15) is 4.79 Å². The minimum Gasteiger partial charge on any atom is -0.458 e. The zero-order valence-corrected chi connectivity index (χ0v) is 21.7. The third-order valence-corrected chi connectivity index (χ3v) is 8.21. The van der Waals surface area contributed by atoms with E-state index in [4.69, 9.17) is 9.47 Å². The van der Waals surface area contributed by atoms with Gasteiger partial charge in [-0.1, -0.05) is 52.4 Å². The number of aryl methyl sites for hydroxylation is 1. The van der Waals surface area contributed by atoms with Gasteiger partial charge in [0.05, 0.1) is 12.3 Å². The summed E-state index contributed by atoms with van der Waals surface area (Å²) in [7, 11) is 0. The van der Waals surface area contributed by atoms with E-state index >= 15 is 0 Å². The first-order valence-corrected chi connectivity index (χ1v) is 14.4. The lowest BCUT2D eigenvalue weighted by Gasteiger charge is -2.39. The summed E-state index contributed by atoms with van der Waals surface area (Å²) in [5, 5.41) is 7.32. The van der Waals surface area contributed by atoms with Gasteiger partial charge >= 0.3 is 5.97 Å². The van der Waals surface area contributed by atoms with Crippen molar-refractivity contribution in [1.82, 2.24) is 10.6 Å². The molecule has 1 saturated heterocycles. The van der Waals surface area contributed by atoms with Crippen LogP contribution in [0.2, 0.25) is 0 Å². The monoisotopic (exact) mass is 478 g/mol. The molecule has 0 radical (unpaired) electrons. The third kappa shape index (κ3) is 9.31.